The van der Waals surface area contributed by atoms with E-state index in [2.05, 4.69) is 13.8 Å². The Labute approximate surface area is 90.6 Å². The Balaban J connectivity index is 2.30. The molecule has 0 spiro atoms. The molecule has 4 heteroatoms. The first-order valence-electron chi connectivity index (χ1n) is 5.46. The van der Waals surface area contributed by atoms with E-state index in [-0.39, 0.29) is 0 Å². The lowest BCUT2D eigenvalue weighted by molar-refractivity contribution is -0.150. The van der Waals surface area contributed by atoms with E-state index in [4.69, 9.17) is 14.6 Å². The van der Waals surface area contributed by atoms with Gasteiger partial charge in [0.05, 0.1) is 12.0 Å². The van der Waals surface area contributed by atoms with Crippen molar-refractivity contribution in [2.45, 2.75) is 26.7 Å². The van der Waals surface area contributed by atoms with Crippen LogP contribution in [0.3, 0.4) is 0 Å². The quantitative estimate of drug-likeness (QED) is 0.684. The van der Waals surface area contributed by atoms with Crippen LogP contribution in [0, 0.1) is 11.3 Å². The molecule has 1 rings (SSSR count). The Kier molecular flexibility index (Phi) is 4.54. The van der Waals surface area contributed by atoms with Crippen LogP contribution in [0.5, 0.6) is 0 Å². The molecular weight excluding hydrogens is 196 g/mol. The molecule has 1 unspecified atom stereocenters. The molecule has 0 aromatic rings. The lowest BCUT2D eigenvalue weighted by atomic mass is 9.84. The predicted octanol–water partition coefficient (Wildman–Crippen LogP) is 1.54. The zero-order valence-corrected chi connectivity index (χ0v) is 9.49. The van der Waals surface area contributed by atoms with Gasteiger partial charge in [0, 0.05) is 19.8 Å². The fraction of sp³-hybridized carbons (Fsp3) is 0.909. The second kappa shape index (κ2) is 5.47. The molecule has 15 heavy (non-hydrogen) atoms. The van der Waals surface area contributed by atoms with Crippen molar-refractivity contribution in [2.75, 3.05) is 26.4 Å². The maximum atomic E-state index is 11.1. The summed E-state index contributed by atoms with van der Waals surface area (Å²) in [5.74, 6) is -0.265. The van der Waals surface area contributed by atoms with Gasteiger partial charge in [-0.2, -0.15) is 0 Å². The van der Waals surface area contributed by atoms with Crippen molar-refractivity contribution >= 4 is 5.97 Å². The number of carbonyl (C=O) groups is 1. The topological polar surface area (TPSA) is 55.8 Å². The van der Waals surface area contributed by atoms with Gasteiger partial charge in [0.15, 0.2) is 0 Å². The SMILES string of the molecule is CC(C)COCCC1(C(=O)O)CCOC1. The summed E-state index contributed by atoms with van der Waals surface area (Å²) in [6, 6.07) is 0. The van der Waals surface area contributed by atoms with Crippen molar-refractivity contribution in [3.8, 4) is 0 Å². The fourth-order valence-corrected chi connectivity index (χ4v) is 1.67. The third kappa shape index (κ3) is 3.47. The maximum absolute atomic E-state index is 11.1. The fourth-order valence-electron chi connectivity index (χ4n) is 1.67. The maximum Gasteiger partial charge on any atom is 0.312 e. The molecule has 1 aliphatic rings. The summed E-state index contributed by atoms with van der Waals surface area (Å²) in [4.78, 5) is 11.1. The van der Waals surface area contributed by atoms with E-state index < -0.39 is 11.4 Å². The minimum absolute atomic E-state index is 0.327. The Morgan fingerprint density at radius 2 is 2.33 bits per heavy atom. The van der Waals surface area contributed by atoms with Crippen molar-refractivity contribution in [1.82, 2.24) is 0 Å². The monoisotopic (exact) mass is 216 g/mol. The number of carboxylic acids is 1. The lowest BCUT2D eigenvalue weighted by Gasteiger charge is -2.21. The molecule has 1 heterocycles. The van der Waals surface area contributed by atoms with Gasteiger partial charge < -0.3 is 14.6 Å². The minimum atomic E-state index is -0.756. The van der Waals surface area contributed by atoms with Gasteiger partial charge >= 0.3 is 5.97 Å². The number of aliphatic carboxylic acids is 1. The third-order valence-electron chi connectivity index (χ3n) is 2.73. The first kappa shape index (κ1) is 12.5. The molecule has 1 aliphatic heterocycles. The highest BCUT2D eigenvalue weighted by Gasteiger charge is 2.41. The van der Waals surface area contributed by atoms with Gasteiger partial charge in [0.25, 0.3) is 0 Å². The van der Waals surface area contributed by atoms with Gasteiger partial charge in [-0.15, -0.1) is 0 Å². The average molecular weight is 216 g/mol. The summed E-state index contributed by atoms with van der Waals surface area (Å²) < 4.78 is 10.6. The first-order chi connectivity index (χ1) is 7.07. The van der Waals surface area contributed by atoms with E-state index in [1.165, 1.54) is 0 Å². The van der Waals surface area contributed by atoms with Crippen molar-refractivity contribution in [3.05, 3.63) is 0 Å². The normalized spacial score (nSPS) is 26.1. The number of hydrogen-bond acceptors (Lipinski definition) is 3. The van der Waals surface area contributed by atoms with Crippen LogP contribution in [0.1, 0.15) is 26.7 Å². The highest BCUT2D eigenvalue weighted by atomic mass is 16.5. The van der Waals surface area contributed by atoms with E-state index in [0.717, 1.165) is 0 Å². The molecule has 0 bridgehead atoms. The molecule has 0 amide bonds. The van der Waals surface area contributed by atoms with Crippen LogP contribution in [-0.2, 0) is 14.3 Å². The second-order valence-electron chi connectivity index (χ2n) is 4.61. The van der Waals surface area contributed by atoms with Crippen LogP contribution < -0.4 is 0 Å². The molecule has 4 nitrogen and oxygen atoms in total. The smallest absolute Gasteiger partial charge is 0.312 e. The minimum Gasteiger partial charge on any atom is -0.481 e. The van der Waals surface area contributed by atoms with Crippen LogP contribution in [-0.4, -0.2) is 37.5 Å². The van der Waals surface area contributed by atoms with E-state index in [1.807, 2.05) is 0 Å². The number of hydrogen-bond donors (Lipinski definition) is 1. The van der Waals surface area contributed by atoms with Crippen molar-refractivity contribution in [1.29, 1.82) is 0 Å². The molecule has 1 N–H and O–H groups in total. The third-order valence-corrected chi connectivity index (χ3v) is 2.73. The molecule has 0 aromatic heterocycles. The summed E-state index contributed by atoms with van der Waals surface area (Å²) in [7, 11) is 0. The molecule has 1 fully saturated rings. The molecule has 0 aromatic carbocycles. The van der Waals surface area contributed by atoms with Crippen molar-refractivity contribution < 1.29 is 19.4 Å². The Bertz CT molecular complexity index is 207. The Morgan fingerprint density at radius 1 is 1.60 bits per heavy atom. The molecule has 0 saturated carbocycles. The van der Waals surface area contributed by atoms with Crippen molar-refractivity contribution in [3.63, 3.8) is 0 Å². The van der Waals surface area contributed by atoms with Gasteiger partial charge in [-0.05, 0) is 18.8 Å². The van der Waals surface area contributed by atoms with E-state index in [0.29, 0.717) is 45.2 Å². The molecule has 1 saturated heterocycles. The summed E-state index contributed by atoms with van der Waals surface area (Å²) in [6.07, 6.45) is 1.16. The number of ether oxygens (including phenoxy) is 2. The van der Waals surface area contributed by atoms with Gasteiger partial charge in [0.1, 0.15) is 0 Å². The zero-order valence-electron chi connectivity index (χ0n) is 9.49. The second-order valence-corrected chi connectivity index (χ2v) is 4.61. The summed E-state index contributed by atoms with van der Waals surface area (Å²) in [5, 5.41) is 9.14. The highest BCUT2D eigenvalue weighted by molar-refractivity contribution is 5.75. The van der Waals surface area contributed by atoms with Crippen LogP contribution >= 0.6 is 0 Å². The molecule has 88 valence electrons. The first-order valence-corrected chi connectivity index (χ1v) is 5.46. The van der Waals surface area contributed by atoms with E-state index in [9.17, 15) is 4.79 Å². The molecule has 0 aliphatic carbocycles. The summed E-state index contributed by atoms with van der Waals surface area (Å²) in [5.41, 5.74) is -0.697. The largest absolute Gasteiger partial charge is 0.481 e. The van der Waals surface area contributed by atoms with Crippen molar-refractivity contribution in [2.24, 2.45) is 11.3 Å². The standard InChI is InChI=1S/C11H20O4/c1-9(2)7-14-5-3-11(10(12)13)4-6-15-8-11/h9H,3-8H2,1-2H3,(H,12,13). The van der Waals surface area contributed by atoms with Gasteiger partial charge in [0.2, 0.25) is 0 Å². The van der Waals surface area contributed by atoms with Gasteiger partial charge in [-0.3, -0.25) is 4.79 Å². The van der Waals surface area contributed by atoms with Crippen LogP contribution in [0.4, 0.5) is 0 Å². The molecular formula is C11H20O4. The number of rotatable bonds is 6. The van der Waals surface area contributed by atoms with Crippen LogP contribution in [0.15, 0.2) is 0 Å². The average Bonchev–Trinajstić information content (AvgIpc) is 2.62. The molecule has 0 radical (unpaired) electrons. The van der Waals surface area contributed by atoms with Gasteiger partial charge in [-0.25, -0.2) is 0 Å². The summed E-state index contributed by atoms with van der Waals surface area (Å²) >= 11 is 0. The Morgan fingerprint density at radius 3 is 2.80 bits per heavy atom. The number of carboxylic acid groups (broad SMARTS) is 1. The highest BCUT2D eigenvalue weighted by Crippen LogP contribution is 2.32. The molecule has 1 atom stereocenters. The summed E-state index contributed by atoms with van der Waals surface area (Å²) in [6.45, 7) is 6.23. The zero-order chi connectivity index (χ0) is 11.3. The lowest BCUT2D eigenvalue weighted by Crippen LogP contribution is -2.33. The predicted molar refractivity (Wildman–Crippen MR) is 55.8 cm³/mol. The van der Waals surface area contributed by atoms with Crippen LogP contribution in [0.2, 0.25) is 0 Å². The van der Waals surface area contributed by atoms with E-state index in [1.54, 1.807) is 0 Å². The Hall–Kier alpha value is -0.610. The van der Waals surface area contributed by atoms with Crippen LogP contribution in [0.25, 0.3) is 0 Å². The van der Waals surface area contributed by atoms with Gasteiger partial charge in [-0.1, -0.05) is 13.8 Å². The van der Waals surface area contributed by atoms with E-state index >= 15 is 0 Å².